The van der Waals surface area contributed by atoms with Gasteiger partial charge in [0.1, 0.15) is 0 Å². The molecule has 0 bridgehead atoms. The van der Waals surface area contributed by atoms with Crippen molar-refractivity contribution in [3.8, 4) is 0 Å². The molecule has 0 saturated carbocycles. The predicted molar refractivity (Wildman–Crippen MR) is 153 cm³/mol. The molecule has 0 aliphatic carbocycles. The summed E-state index contributed by atoms with van der Waals surface area (Å²) in [6, 6.07) is 15.2. The van der Waals surface area contributed by atoms with Crippen molar-refractivity contribution in [2.75, 3.05) is 29.5 Å². The van der Waals surface area contributed by atoms with Gasteiger partial charge in [0.05, 0.1) is 43.0 Å². The minimum absolute atomic E-state index is 0.00282. The smallest absolute Gasteiger partial charge is 0.264 e. The van der Waals surface area contributed by atoms with Gasteiger partial charge in [-0.2, -0.15) is 0 Å². The van der Waals surface area contributed by atoms with Gasteiger partial charge < -0.3 is 29.6 Å². The highest BCUT2D eigenvalue weighted by atomic mass is 16.5. The van der Waals surface area contributed by atoms with Crippen molar-refractivity contribution in [3.05, 3.63) is 59.7 Å². The zero-order valence-electron chi connectivity index (χ0n) is 24.0. The van der Waals surface area contributed by atoms with Crippen LogP contribution in [0.25, 0.3) is 0 Å². The van der Waals surface area contributed by atoms with Crippen LogP contribution >= 0.6 is 0 Å². The van der Waals surface area contributed by atoms with Crippen LogP contribution < -0.4 is 9.80 Å². The first-order valence-electron chi connectivity index (χ1n) is 14.7. The van der Waals surface area contributed by atoms with Crippen LogP contribution in [-0.4, -0.2) is 70.3 Å². The second-order valence-electron chi connectivity index (χ2n) is 12.5. The van der Waals surface area contributed by atoms with Gasteiger partial charge in [-0.15, -0.1) is 0 Å². The molecule has 1 spiro atoms. The van der Waals surface area contributed by atoms with Gasteiger partial charge in [0, 0.05) is 42.6 Å². The first-order chi connectivity index (χ1) is 19.6. The number of rotatable bonds is 7. The molecule has 41 heavy (non-hydrogen) atoms. The number of carbonyl (C=O) groups excluding carboxylic acids is 3. The van der Waals surface area contributed by atoms with Crippen molar-refractivity contribution < 1.29 is 29.3 Å². The number of carbonyl (C=O) groups is 3. The third-order valence-corrected chi connectivity index (χ3v) is 9.60. The van der Waals surface area contributed by atoms with E-state index in [1.807, 2.05) is 55.5 Å². The molecule has 2 N–H and O–H groups in total. The molecular weight excluding hydrogens is 522 g/mol. The molecule has 2 aromatic carbocycles. The third-order valence-electron chi connectivity index (χ3n) is 9.60. The lowest BCUT2D eigenvalue weighted by Crippen LogP contribution is -2.46. The zero-order chi connectivity index (χ0) is 29.1. The molecule has 0 aromatic heterocycles. The number of amides is 3. The van der Waals surface area contributed by atoms with Crippen LogP contribution in [0.5, 0.6) is 0 Å². The average Bonchev–Trinajstić information content (AvgIpc) is 3.59. The number of likely N-dealkylation sites (tertiary alicyclic amines) is 1. The van der Waals surface area contributed by atoms with Crippen LogP contribution in [0.4, 0.5) is 11.4 Å². The summed E-state index contributed by atoms with van der Waals surface area (Å²) in [5.41, 5.74) is 0.391. The van der Waals surface area contributed by atoms with E-state index in [0.29, 0.717) is 43.0 Å². The van der Waals surface area contributed by atoms with E-state index >= 15 is 0 Å². The van der Waals surface area contributed by atoms with Crippen LogP contribution in [0.2, 0.25) is 0 Å². The molecule has 6 rings (SSSR count). The van der Waals surface area contributed by atoms with Crippen molar-refractivity contribution in [2.45, 2.75) is 76.3 Å². The van der Waals surface area contributed by atoms with Gasteiger partial charge in [-0.1, -0.05) is 37.3 Å². The van der Waals surface area contributed by atoms with Gasteiger partial charge in [0.25, 0.3) is 5.91 Å². The lowest BCUT2D eigenvalue weighted by atomic mass is 9.70. The zero-order valence-corrected chi connectivity index (χ0v) is 24.0. The van der Waals surface area contributed by atoms with E-state index in [-0.39, 0.29) is 36.8 Å². The van der Waals surface area contributed by atoms with Crippen molar-refractivity contribution in [3.63, 3.8) is 0 Å². The fraction of sp³-hybridized carbons (Fsp3) is 0.531. The summed E-state index contributed by atoms with van der Waals surface area (Å²) in [7, 11) is 0. The number of aliphatic hydroxyl groups is 2. The highest BCUT2D eigenvalue weighted by molar-refractivity contribution is 6.09. The lowest BCUT2D eigenvalue weighted by Gasteiger charge is -2.35. The average molecular weight is 562 g/mol. The second kappa shape index (κ2) is 10.2. The van der Waals surface area contributed by atoms with Gasteiger partial charge in [0.15, 0.2) is 5.60 Å². The molecule has 3 fully saturated rings. The Hall–Kier alpha value is -3.27. The summed E-state index contributed by atoms with van der Waals surface area (Å²) >= 11 is 0. The van der Waals surface area contributed by atoms with Crippen LogP contribution in [-0.2, 0) is 31.3 Å². The van der Waals surface area contributed by atoms with Crippen LogP contribution in [0, 0.1) is 11.8 Å². The van der Waals surface area contributed by atoms with Gasteiger partial charge in [-0.3, -0.25) is 14.4 Å². The number of nitrogens with zero attached hydrogens (tertiary/aromatic N) is 3. The summed E-state index contributed by atoms with van der Waals surface area (Å²) in [6.45, 7) is 6.78. The fourth-order valence-electron chi connectivity index (χ4n) is 7.59. The van der Waals surface area contributed by atoms with Crippen LogP contribution in [0.15, 0.2) is 48.5 Å². The summed E-state index contributed by atoms with van der Waals surface area (Å²) in [6.07, 6.45) is 1.35. The third kappa shape index (κ3) is 4.45. The number of aliphatic hydroxyl groups excluding tert-OH is 1. The number of β-lactam (4-membered cyclic amide) rings is 1. The Balaban J connectivity index is 1.42. The minimum Gasteiger partial charge on any atom is -0.394 e. The number of hydrogen-bond donors (Lipinski definition) is 2. The molecule has 0 radical (unpaired) electrons. The standard InChI is InChI=1S/C32H39N3O6/c1-20-29(31(2,3)40)26(17-28(38)33-14-7-10-23(33)19-36)41-32(20)24-16-22(34-15-13-27(34)37)11-12-25(24)35(30(32)39)18-21-8-5-4-6-9-21/h4-6,8-9,11-12,16,20,23,26,29,36,40H,7,10,13-15,17-19H2,1-3H3/t20-,23+,26+,29-,32+/m1/s1. The van der Waals surface area contributed by atoms with E-state index in [9.17, 15) is 24.6 Å². The molecule has 9 nitrogen and oxygen atoms in total. The predicted octanol–water partition coefficient (Wildman–Crippen LogP) is 2.96. The summed E-state index contributed by atoms with van der Waals surface area (Å²) in [4.78, 5) is 45.6. The topological polar surface area (TPSA) is 111 Å². The quantitative estimate of drug-likeness (QED) is 0.503. The van der Waals surface area contributed by atoms with Gasteiger partial charge in [-0.05, 0) is 50.5 Å². The second-order valence-corrected chi connectivity index (χ2v) is 12.5. The van der Waals surface area contributed by atoms with E-state index < -0.39 is 29.1 Å². The Bertz CT molecular complexity index is 1360. The fourth-order valence-corrected chi connectivity index (χ4v) is 7.59. The Morgan fingerprint density at radius 1 is 1.12 bits per heavy atom. The van der Waals surface area contributed by atoms with E-state index in [0.717, 1.165) is 18.4 Å². The molecule has 4 heterocycles. The molecule has 3 amide bonds. The molecule has 4 aliphatic heterocycles. The van der Waals surface area contributed by atoms with E-state index in [4.69, 9.17) is 4.74 Å². The summed E-state index contributed by atoms with van der Waals surface area (Å²) < 4.78 is 6.82. The number of anilines is 2. The number of benzene rings is 2. The molecular formula is C32H39N3O6. The number of fused-ring (bicyclic) bond motifs is 2. The largest absolute Gasteiger partial charge is 0.394 e. The molecule has 4 aliphatic rings. The Kier molecular flexibility index (Phi) is 6.95. The Morgan fingerprint density at radius 3 is 2.51 bits per heavy atom. The van der Waals surface area contributed by atoms with Crippen LogP contribution in [0.3, 0.4) is 0 Å². The monoisotopic (exact) mass is 561 g/mol. The summed E-state index contributed by atoms with van der Waals surface area (Å²) in [5.74, 6) is -1.33. The molecule has 0 unspecified atom stereocenters. The normalized spacial score (nSPS) is 29.4. The molecule has 5 atom stereocenters. The van der Waals surface area contributed by atoms with Crippen molar-refractivity contribution >= 4 is 29.1 Å². The van der Waals surface area contributed by atoms with E-state index in [1.165, 1.54) is 0 Å². The first kappa shape index (κ1) is 27.9. The SMILES string of the molecule is C[C@@H]1[C@@H](C(C)(C)O)[C@H](CC(=O)N2CCC[C@H]2CO)O[C@@]12C(=O)N(Cc1ccccc1)c1ccc(N3CCC3=O)cc12. The number of ether oxygens (including phenoxy) is 1. The maximum Gasteiger partial charge on any atom is 0.264 e. The highest BCUT2D eigenvalue weighted by Gasteiger charge is 2.66. The molecule has 3 saturated heterocycles. The first-order valence-corrected chi connectivity index (χ1v) is 14.7. The molecule has 218 valence electrons. The maximum atomic E-state index is 14.6. The lowest BCUT2D eigenvalue weighted by molar-refractivity contribution is -0.150. The van der Waals surface area contributed by atoms with E-state index in [2.05, 4.69) is 0 Å². The van der Waals surface area contributed by atoms with Crippen LogP contribution in [0.1, 0.15) is 57.6 Å². The van der Waals surface area contributed by atoms with Crippen molar-refractivity contribution in [1.82, 2.24) is 4.90 Å². The van der Waals surface area contributed by atoms with Crippen molar-refractivity contribution in [2.24, 2.45) is 11.8 Å². The van der Waals surface area contributed by atoms with Crippen molar-refractivity contribution in [1.29, 1.82) is 0 Å². The Morgan fingerprint density at radius 2 is 1.88 bits per heavy atom. The van der Waals surface area contributed by atoms with Gasteiger partial charge in [0.2, 0.25) is 11.8 Å². The highest BCUT2D eigenvalue weighted by Crippen LogP contribution is 2.58. The molecule has 9 heteroatoms. The minimum atomic E-state index is -1.43. The Labute approximate surface area is 240 Å². The van der Waals surface area contributed by atoms with Gasteiger partial charge >= 0.3 is 0 Å². The summed E-state index contributed by atoms with van der Waals surface area (Å²) in [5, 5.41) is 21.2. The maximum absolute atomic E-state index is 14.6. The number of hydrogen-bond acceptors (Lipinski definition) is 6. The van der Waals surface area contributed by atoms with Gasteiger partial charge in [-0.25, -0.2) is 0 Å². The van der Waals surface area contributed by atoms with E-state index in [1.54, 1.807) is 28.5 Å². The molecule has 2 aromatic rings.